The summed E-state index contributed by atoms with van der Waals surface area (Å²) in [5, 5.41) is 17.4. The number of β-lactam (4-membered cyclic amide) rings is 1. The average Bonchev–Trinajstić information content (AvgIpc) is 2.81. The zero-order valence-corrected chi connectivity index (χ0v) is 16.2. The van der Waals surface area contributed by atoms with Gasteiger partial charge < -0.3 is 5.11 Å². The Kier molecular flexibility index (Phi) is 3.67. The van der Waals surface area contributed by atoms with Crippen LogP contribution < -0.4 is 4.90 Å². The van der Waals surface area contributed by atoms with Crippen LogP contribution in [-0.2, 0) is 4.79 Å². The average molecular weight is 389 g/mol. The summed E-state index contributed by atoms with van der Waals surface area (Å²) >= 11 is 0. The summed E-state index contributed by atoms with van der Waals surface area (Å²) in [4.78, 5) is 14.4. The van der Waals surface area contributed by atoms with E-state index < -0.39 is 6.10 Å². The van der Waals surface area contributed by atoms with Crippen LogP contribution in [0.3, 0.4) is 0 Å². The minimum atomic E-state index is -1.01. The molecule has 6 rings (SSSR count). The highest BCUT2D eigenvalue weighted by Gasteiger charge is 2.48. The van der Waals surface area contributed by atoms with Crippen LogP contribution in [0.25, 0.3) is 32.3 Å². The minimum Gasteiger partial charge on any atom is -0.381 e. The lowest BCUT2D eigenvalue weighted by molar-refractivity contribution is -0.137. The van der Waals surface area contributed by atoms with Gasteiger partial charge in [-0.05, 0) is 38.6 Å². The van der Waals surface area contributed by atoms with Gasteiger partial charge in [0.15, 0.2) is 6.10 Å². The zero-order chi connectivity index (χ0) is 20.2. The molecule has 0 spiro atoms. The van der Waals surface area contributed by atoms with Crippen molar-refractivity contribution in [3.8, 4) is 0 Å². The first-order valence-corrected chi connectivity index (χ1v) is 10.1. The van der Waals surface area contributed by atoms with Gasteiger partial charge in [0.1, 0.15) is 0 Å². The lowest BCUT2D eigenvalue weighted by Crippen LogP contribution is -2.59. The molecule has 0 saturated carbocycles. The quantitative estimate of drug-likeness (QED) is 0.316. The smallest absolute Gasteiger partial charge is 0.259 e. The van der Waals surface area contributed by atoms with E-state index in [-0.39, 0.29) is 11.9 Å². The highest BCUT2D eigenvalue weighted by molar-refractivity contribution is 6.21. The molecule has 2 atom stereocenters. The lowest BCUT2D eigenvalue weighted by atomic mass is 9.88. The van der Waals surface area contributed by atoms with Crippen molar-refractivity contribution in [2.75, 3.05) is 4.90 Å². The molecular weight excluding hydrogens is 370 g/mol. The minimum absolute atomic E-state index is 0.255. The molecule has 1 N–H and O–H groups in total. The Morgan fingerprint density at radius 2 is 1.23 bits per heavy atom. The van der Waals surface area contributed by atoms with Gasteiger partial charge in [-0.2, -0.15) is 0 Å². The predicted octanol–water partition coefficient (Wildman–Crippen LogP) is 5.60. The van der Waals surface area contributed by atoms with Crippen molar-refractivity contribution in [3.05, 3.63) is 103 Å². The Balaban J connectivity index is 1.58. The molecule has 0 radical (unpaired) electrons. The van der Waals surface area contributed by atoms with Crippen molar-refractivity contribution in [2.24, 2.45) is 0 Å². The first kappa shape index (κ1) is 17.2. The molecule has 1 aliphatic rings. The second-order valence-electron chi connectivity index (χ2n) is 7.83. The van der Waals surface area contributed by atoms with Gasteiger partial charge in [-0.3, -0.25) is 9.69 Å². The van der Waals surface area contributed by atoms with E-state index >= 15 is 0 Å². The number of amides is 1. The van der Waals surface area contributed by atoms with E-state index in [4.69, 9.17) is 0 Å². The molecular formula is C27H19NO2. The number of nitrogens with zero attached hydrogens (tertiary/aromatic N) is 1. The lowest BCUT2D eigenvalue weighted by Gasteiger charge is -2.45. The van der Waals surface area contributed by atoms with E-state index in [0.29, 0.717) is 0 Å². The number of carbonyl (C=O) groups is 1. The third-order valence-electron chi connectivity index (χ3n) is 6.23. The Bertz CT molecular complexity index is 1440. The number of hydrogen-bond acceptors (Lipinski definition) is 2. The maximum Gasteiger partial charge on any atom is 0.259 e. The number of hydrogen-bond donors (Lipinski definition) is 1. The second-order valence-corrected chi connectivity index (χ2v) is 7.83. The Labute approximate surface area is 173 Å². The molecule has 1 saturated heterocycles. The Morgan fingerprint density at radius 1 is 0.600 bits per heavy atom. The van der Waals surface area contributed by atoms with Crippen LogP contribution >= 0.6 is 0 Å². The molecule has 2 unspecified atom stereocenters. The highest BCUT2D eigenvalue weighted by atomic mass is 16.3. The van der Waals surface area contributed by atoms with Crippen LogP contribution in [0.5, 0.6) is 0 Å². The number of anilines is 1. The van der Waals surface area contributed by atoms with Crippen molar-refractivity contribution >= 4 is 43.9 Å². The van der Waals surface area contributed by atoms with Gasteiger partial charge in [0.2, 0.25) is 0 Å². The number of aliphatic hydroxyl groups excluding tert-OH is 1. The molecule has 144 valence electrons. The zero-order valence-electron chi connectivity index (χ0n) is 16.2. The second kappa shape index (κ2) is 6.41. The molecule has 1 amide bonds. The molecule has 0 bridgehead atoms. The molecule has 5 aromatic rings. The van der Waals surface area contributed by atoms with E-state index in [2.05, 4.69) is 54.6 Å². The van der Waals surface area contributed by atoms with Crippen molar-refractivity contribution in [1.82, 2.24) is 0 Å². The third-order valence-corrected chi connectivity index (χ3v) is 6.23. The maximum atomic E-state index is 12.7. The van der Waals surface area contributed by atoms with E-state index in [9.17, 15) is 9.90 Å². The first-order chi connectivity index (χ1) is 14.7. The summed E-state index contributed by atoms with van der Waals surface area (Å²) in [5.41, 5.74) is 1.78. The Hall–Kier alpha value is -3.69. The van der Waals surface area contributed by atoms with Gasteiger partial charge in [0, 0.05) is 5.39 Å². The van der Waals surface area contributed by atoms with Gasteiger partial charge in [-0.1, -0.05) is 91.0 Å². The number of benzene rings is 5. The van der Waals surface area contributed by atoms with Crippen LogP contribution in [0, 0.1) is 0 Å². The highest BCUT2D eigenvalue weighted by Crippen LogP contribution is 2.43. The van der Waals surface area contributed by atoms with Crippen molar-refractivity contribution < 1.29 is 9.90 Å². The molecule has 5 aromatic carbocycles. The topological polar surface area (TPSA) is 40.5 Å². The van der Waals surface area contributed by atoms with E-state index in [1.165, 1.54) is 16.2 Å². The van der Waals surface area contributed by atoms with Crippen molar-refractivity contribution in [1.29, 1.82) is 0 Å². The van der Waals surface area contributed by atoms with Crippen LogP contribution in [0.15, 0.2) is 97.1 Å². The molecule has 0 aliphatic carbocycles. The molecule has 3 heteroatoms. The van der Waals surface area contributed by atoms with E-state index in [1.807, 2.05) is 42.5 Å². The maximum absolute atomic E-state index is 12.7. The largest absolute Gasteiger partial charge is 0.381 e. The van der Waals surface area contributed by atoms with E-state index in [1.54, 1.807) is 4.90 Å². The summed E-state index contributed by atoms with van der Waals surface area (Å²) in [6.07, 6.45) is -1.01. The fourth-order valence-electron chi connectivity index (χ4n) is 4.77. The van der Waals surface area contributed by atoms with E-state index in [0.717, 1.165) is 27.4 Å². The fourth-order valence-corrected chi connectivity index (χ4v) is 4.77. The summed E-state index contributed by atoms with van der Waals surface area (Å²) in [5.74, 6) is -0.255. The molecule has 1 fully saturated rings. The van der Waals surface area contributed by atoms with Crippen LogP contribution in [0.2, 0.25) is 0 Å². The molecule has 1 heterocycles. The first-order valence-electron chi connectivity index (χ1n) is 10.1. The third kappa shape index (κ3) is 2.33. The molecule has 1 aliphatic heterocycles. The molecule has 30 heavy (non-hydrogen) atoms. The standard InChI is InChI=1S/C27H19NO2/c29-26-25(18-8-2-1-3-9-18)28(27(26)30)24-12-6-11-20-22-14-13-17-7-4-5-10-19(17)21(22)15-16-23(20)24/h1-16,25-26,29H. The van der Waals surface area contributed by atoms with Crippen LogP contribution in [0.1, 0.15) is 11.6 Å². The molecule has 0 aromatic heterocycles. The fraction of sp³-hybridized carbons (Fsp3) is 0.0741. The summed E-state index contributed by atoms with van der Waals surface area (Å²) < 4.78 is 0. The number of aliphatic hydroxyl groups is 1. The van der Waals surface area contributed by atoms with Crippen molar-refractivity contribution in [3.63, 3.8) is 0 Å². The summed E-state index contributed by atoms with van der Waals surface area (Å²) in [7, 11) is 0. The van der Waals surface area contributed by atoms with Crippen LogP contribution in [-0.4, -0.2) is 17.1 Å². The normalized spacial score (nSPS) is 18.8. The number of carbonyl (C=O) groups excluding carboxylic acids is 1. The summed E-state index contributed by atoms with van der Waals surface area (Å²) in [6.45, 7) is 0. The SMILES string of the molecule is O=C1C(O)C(c2ccccc2)N1c1cccc2c1ccc1c3ccccc3ccc21. The Morgan fingerprint density at radius 3 is 2.10 bits per heavy atom. The van der Waals surface area contributed by atoms with Gasteiger partial charge >= 0.3 is 0 Å². The predicted molar refractivity (Wildman–Crippen MR) is 122 cm³/mol. The van der Waals surface area contributed by atoms with Crippen LogP contribution in [0.4, 0.5) is 5.69 Å². The van der Waals surface area contributed by atoms with Gasteiger partial charge in [0.25, 0.3) is 5.91 Å². The molecule has 3 nitrogen and oxygen atoms in total. The monoisotopic (exact) mass is 389 g/mol. The number of rotatable bonds is 2. The van der Waals surface area contributed by atoms with Gasteiger partial charge in [0.05, 0.1) is 11.7 Å². The number of fused-ring (bicyclic) bond motifs is 5. The van der Waals surface area contributed by atoms with Crippen molar-refractivity contribution in [2.45, 2.75) is 12.1 Å². The van der Waals surface area contributed by atoms with Gasteiger partial charge in [-0.15, -0.1) is 0 Å². The van der Waals surface area contributed by atoms with Gasteiger partial charge in [-0.25, -0.2) is 0 Å². The summed E-state index contributed by atoms with van der Waals surface area (Å²) in [6, 6.07) is 32.4.